The number of rotatable bonds is 13. The molecule has 39 heavy (non-hydrogen) atoms. The summed E-state index contributed by atoms with van der Waals surface area (Å²) in [5, 5.41) is 0. The topological polar surface area (TPSA) is 67.2 Å². The van der Waals surface area contributed by atoms with Crippen LogP contribution in [0.4, 0.5) is 5.82 Å². The number of pyridine rings is 1. The quantitative estimate of drug-likeness (QED) is 0.156. The molecule has 2 saturated heterocycles. The van der Waals surface area contributed by atoms with E-state index in [0.717, 1.165) is 12.8 Å². The summed E-state index contributed by atoms with van der Waals surface area (Å²) in [5.41, 5.74) is 0.803. The second kappa shape index (κ2) is 14.4. The number of hydrogen-bond donors (Lipinski definition) is 0. The lowest BCUT2D eigenvalue weighted by Crippen LogP contribution is -2.46. The summed E-state index contributed by atoms with van der Waals surface area (Å²) in [6.45, 7) is 8.17. The number of carbonyl (C=O) groups is 1. The number of hydrogen-bond acceptors (Lipinski definition) is 7. The summed E-state index contributed by atoms with van der Waals surface area (Å²) >= 11 is 6.86. The third-order valence-corrected chi connectivity index (χ3v) is 8.73. The van der Waals surface area contributed by atoms with Gasteiger partial charge >= 0.3 is 0 Å². The van der Waals surface area contributed by atoms with Gasteiger partial charge < -0.3 is 9.64 Å². The standard InChI is InChI=1S/C30H42N4O3S2/c1-4-5-6-7-8-9-10-11-12-14-18-34-29(36)25(39-30(34)38)19-24-27(32-20-22(2)37-23(3)21-32)31-26-16-13-15-17-33(26)28(24)35/h13,15-17,19,22-23H,4-12,14,18,20-21H2,1-3H3. The van der Waals surface area contributed by atoms with Crippen LogP contribution in [0.25, 0.3) is 11.7 Å². The van der Waals surface area contributed by atoms with Crippen molar-refractivity contribution < 1.29 is 9.53 Å². The summed E-state index contributed by atoms with van der Waals surface area (Å²) in [6, 6.07) is 5.51. The van der Waals surface area contributed by atoms with Crippen LogP contribution in [0.1, 0.15) is 90.5 Å². The predicted molar refractivity (Wildman–Crippen MR) is 165 cm³/mol. The van der Waals surface area contributed by atoms with Crippen LogP contribution >= 0.6 is 24.0 Å². The van der Waals surface area contributed by atoms with Crippen LogP contribution in [0.3, 0.4) is 0 Å². The van der Waals surface area contributed by atoms with Gasteiger partial charge in [-0.05, 0) is 38.5 Å². The highest BCUT2D eigenvalue weighted by Crippen LogP contribution is 2.34. The van der Waals surface area contributed by atoms with Gasteiger partial charge in [-0.25, -0.2) is 4.98 Å². The fourth-order valence-corrected chi connectivity index (χ4v) is 6.68. The van der Waals surface area contributed by atoms with Crippen LogP contribution < -0.4 is 10.5 Å². The number of anilines is 1. The van der Waals surface area contributed by atoms with Crippen LogP contribution in [-0.2, 0) is 9.53 Å². The van der Waals surface area contributed by atoms with E-state index >= 15 is 0 Å². The summed E-state index contributed by atoms with van der Waals surface area (Å²) in [5.74, 6) is 0.473. The van der Waals surface area contributed by atoms with Gasteiger partial charge in [0, 0.05) is 25.8 Å². The summed E-state index contributed by atoms with van der Waals surface area (Å²) in [6.07, 6.45) is 15.9. The Morgan fingerprint density at radius 2 is 1.64 bits per heavy atom. The molecule has 0 bridgehead atoms. The second-order valence-corrected chi connectivity index (χ2v) is 12.4. The van der Waals surface area contributed by atoms with Gasteiger partial charge in [0.15, 0.2) is 0 Å². The molecular weight excluding hydrogens is 528 g/mol. The van der Waals surface area contributed by atoms with Crippen LogP contribution in [0.2, 0.25) is 0 Å². The molecule has 4 rings (SSSR count). The molecule has 0 aliphatic carbocycles. The monoisotopic (exact) mass is 570 g/mol. The molecule has 2 aliphatic rings. The zero-order valence-corrected chi connectivity index (χ0v) is 25.2. The number of amides is 1. The van der Waals surface area contributed by atoms with Crippen LogP contribution in [0.15, 0.2) is 34.1 Å². The molecule has 0 spiro atoms. The van der Waals surface area contributed by atoms with Crippen LogP contribution in [0.5, 0.6) is 0 Å². The fraction of sp³-hybridized carbons (Fsp3) is 0.600. The maximum absolute atomic E-state index is 13.6. The number of thiocarbonyl (C=S) groups is 1. The van der Waals surface area contributed by atoms with Gasteiger partial charge in [0.25, 0.3) is 11.5 Å². The second-order valence-electron chi connectivity index (χ2n) is 10.8. The SMILES string of the molecule is CCCCCCCCCCCCN1C(=O)C(=Cc2c(N3CC(C)OC(C)C3)nc3ccccn3c2=O)SC1=S. The molecule has 4 heterocycles. The number of ether oxygens (including phenoxy) is 1. The van der Waals surface area contributed by atoms with Crippen molar-refractivity contribution >= 4 is 51.7 Å². The Kier molecular flexibility index (Phi) is 11.0. The minimum Gasteiger partial charge on any atom is -0.372 e. The van der Waals surface area contributed by atoms with E-state index in [9.17, 15) is 9.59 Å². The number of morpholine rings is 1. The molecule has 2 atom stereocenters. The van der Waals surface area contributed by atoms with E-state index in [2.05, 4.69) is 11.8 Å². The first-order valence-corrected chi connectivity index (χ1v) is 15.8. The molecule has 0 aromatic carbocycles. The van der Waals surface area contributed by atoms with E-state index in [0.29, 0.717) is 45.9 Å². The maximum atomic E-state index is 13.6. The van der Waals surface area contributed by atoms with E-state index in [1.807, 2.05) is 32.0 Å². The van der Waals surface area contributed by atoms with Gasteiger partial charge in [0.1, 0.15) is 15.8 Å². The van der Waals surface area contributed by atoms with Crippen molar-refractivity contribution in [1.82, 2.24) is 14.3 Å². The van der Waals surface area contributed by atoms with E-state index < -0.39 is 0 Å². The molecule has 9 heteroatoms. The Morgan fingerprint density at radius 1 is 1.00 bits per heavy atom. The van der Waals surface area contributed by atoms with Gasteiger partial charge in [0.05, 0.1) is 22.7 Å². The first kappa shape index (κ1) is 29.7. The highest BCUT2D eigenvalue weighted by Gasteiger charge is 2.33. The number of carbonyl (C=O) groups excluding carboxylic acids is 1. The molecular formula is C30H42N4O3S2. The van der Waals surface area contributed by atoms with E-state index in [1.54, 1.807) is 17.2 Å². The van der Waals surface area contributed by atoms with Gasteiger partial charge in [-0.15, -0.1) is 0 Å². The van der Waals surface area contributed by atoms with Crippen molar-refractivity contribution in [2.24, 2.45) is 0 Å². The molecule has 2 aromatic rings. The molecule has 2 aromatic heterocycles. The molecule has 1 amide bonds. The minimum atomic E-state index is -0.192. The highest BCUT2D eigenvalue weighted by atomic mass is 32.2. The predicted octanol–water partition coefficient (Wildman–Crippen LogP) is 6.43. The average molecular weight is 571 g/mol. The van der Waals surface area contributed by atoms with E-state index in [4.69, 9.17) is 21.9 Å². The van der Waals surface area contributed by atoms with E-state index in [-0.39, 0.29) is 23.7 Å². The molecule has 0 N–H and O–H groups in total. The zero-order chi connectivity index (χ0) is 27.8. The first-order chi connectivity index (χ1) is 18.9. The summed E-state index contributed by atoms with van der Waals surface area (Å²) < 4.78 is 8.01. The number of fused-ring (bicyclic) bond motifs is 1. The van der Waals surface area contributed by atoms with Gasteiger partial charge in [-0.1, -0.05) is 94.8 Å². The Hall–Kier alpha value is -2.23. The number of unbranched alkanes of at least 4 members (excludes halogenated alkanes) is 9. The molecule has 2 fully saturated rings. The van der Waals surface area contributed by atoms with Crippen molar-refractivity contribution in [3.05, 3.63) is 45.2 Å². The number of nitrogens with zero attached hydrogens (tertiary/aromatic N) is 4. The summed E-state index contributed by atoms with van der Waals surface area (Å²) in [4.78, 5) is 36.1. The van der Waals surface area contributed by atoms with Crippen molar-refractivity contribution in [3.63, 3.8) is 0 Å². The van der Waals surface area contributed by atoms with Crippen LogP contribution in [0, 0.1) is 0 Å². The number of thioether (sulfide) groups is 1. The lowest BCUT2D eigenvalue weighted by Gasteiger charge is -2.36. The van der Waals surface area contributed by atoms with Crippen molar-refractivity contribution in [2.75, 3.05) is 24.5 Å². The third kappa shape index (κ3) is 7.70. The molecule has 7 nitrogen and oxygen atoms in total. The smallest absolute Gasteiger partial charge is 0.267 e. The largest absolute Gasteiger partial charge is 0.372 e. The maximum Gasteiger partial charge on any atom is 0.267 e. The molecule has 0 saturated carbocycles. The Labute approximate surface area is 242 Å². The Morgan fingerprint density at radius 3 is 2.31 bits per heavy atom. The molecule has 2 unspecified atom stereocenters. The van der Waals surface area contributed by atoms with Crippen LogP contribution in [-0.4, -0.2) is 56.4 Å². The normalized spacial score (nSPS) is 21.1. The third-order valence-electron chi connectivity index (χ3n) is 7.35. The van der Waals surface area contributed by atoms with E-state index in [1.165, 1.54) is 67.5 Å². The van der Waals surface area contributed by atoms with Gasteiger partial charge in [-0.3, -0.25) is 18.9 Å². The lowest BCUT2D eigenvalue weighted by atomic mass is 10.1. The zero-order valence-electron chi connectivity index (χ0n) is 23.6. The highest BCUT2D eigenvalue weighted by molar-refractivity contribution is 8.26. The first-order valence-electron chi connectivity index (χ1n) is 14.6. The minimum absolute atomic E-state index is 0.0110. The number of aromatic nitrogens is 2. The molecule has 212 valence electrons. The molecule has 0 radical (unpaired) electrons. The Balaban J connectivity index is 1.44. The molecule has 2 aliphatic heterocycles. The van der Waals surface area contributed by atoms with Gasteiger partial charge in [-0.2, -0.15) is 0 Å². The van der Waals surface area contributed by atoms with Crippen molar-refractivity contribution in [3.8, 4) is 0 Å². The van der Waals surface area contributed by atoms with Crippen molar-refractivity contribution in [2.45, 2.75) is 97.2 Å². The average Bonchev–Trinajstić information content (AvgIpc) is 3.18. The lowest BCUT2D eigenvalue weighted by molar-refractivity contribution is -0.122. The fourth-order valence-electron chi connectivity index (χ4n) is 5.39. The Bertz CT molecular complexity index is 1230. The van der Waals surface area contributed by atoms with Gasteiger partial charge in [0.2, 0.25) is 0 Å². The van der Waals surface area contributed by atoms with Crippen molar-refractivity contribution in [1.29, 1.82) is 0 Å². The summed E-state index contributed by atoms with van der Waals surface area (Å²) in [7, 11) is 0.